The lowest BCUT2D eigenvalue weighted by molar-refractivity contribution is 0.652. The van der Waals surface area contributed by atoms with Crippen LogP contribution in [0.5, 0.6) is 0 Å². The van der Waals surface area contributed by atoms with Gasteiger partial charge >= 0.3 is 0 Å². The number of hydrogen-bond acceptors (Lipinski definition) is 0. The van der Waals surface area contributed by atoms with E-state index in [4.69, 9.17) is 0 Å². The van der Waals surface area contributed by atoms with Gasteiger partial charge in [0.15, 0.2) is 0 Å². The third kappa shape index (κ3) is 13.2. The Morgan fingerprint density at radius 1 is 0.800 bits per heavy atom. The first-order valence-corrected chi connectivity index (χ1v) is 6.32. The van der Waals surface area contributed by atoms with Gasteiger partial charge in [0.2, 0.25) is 0 Å². The van der Waals surface area contributed by atoms with Gasteiger partial charge in [0, 0.05) is 0 Å². The van der Waals surface area contributed by atoms with Crippen LogP contribution in [0.2, 0.25) is 0 Å². The van der Waals surface area contributed by atoms with Gasteiger partial charge in [-0.1, -0.05) is 50.1 Å². The highest BCUT2D eigenvalue weighted by molar-refractivity contribution is 4.92. The van der Waals surface area contributed by atoms with E-state index in [9.17, 15) is 0 Å². The van der Waals surface area contributed by atoms with E-state index in [-0.39, 0.29) is 0 Å². The molecule has 0 radical (unpaired) electrons. The first kappa shape index (κ1) is 14.2. The van der Waals surface area contributed by atoms with Crippen molar-refractivity contribution in [3.63, 3.8) is 0 Å². The van der Waals surface area contributed by atoms with Crippen LogP contribution in [0.4, 0.5) is 0 Å². The topological polar surface area (TPSA) is 0 Å². The molecule has 0 unspecified atom stereocenters. The molecular formula is C15H26. The maximum absolute atomic E-state index is 3.73. The maximum Gasteiger partial charge on any atom is -0.0169 e. The Morgan fingerprint density at radius 3 is 2.13 bits per heavy atom. The van der Waals surface area contributed by atoms with E-state index < -0.39 is 0 Å². The molecule has 15 heavy (non-hydrogen) atoms. The van der Waals surface area contributed by atoms with E-state index >= 15 is 0 Å². The van der Waals surface area contributed by atoms with Crippen molar-refractivity contribution >= 4 is 0 Å². The van der Waals surface area contributed by atoms with Crippen molar-refractivity contribution in [2.75, 3.05) is 0 Å². The molecule has 0 bridgehead atoms. The predicted molar refractivity (Wildman–Crippen MR) is 71.1 cm³/mol. The van der Waals surface area contributed by atoms with Gasteiger partial charge in [-0.2, -0.15) is 0 Å². The molecule has 0 N–H and O–H groups in total. The first-order valence-electron chi connectivity index (χ1n) is 6.32. The molecule has 0 heterocycles. The Balaban J connectivity index is 3.09. The van der Waals surface area contributed by atoms with Crippen molar-refractivity contribution in [2.24, 2.45) is 0 Å². The SMILES string of the molecule is C=CCCCCCCC=CCC=CCC. The highest BCUT2D eigenvalue weighted by Crippen LogP contribution is 2.06. The molecule has 0 fully saturated rings. The van der Waals surface area contributed by atoms with Crippen molar-refractivity contribution in [3.8, 4) is 0 Å². The molecule has 0 saturated carbocycles. The minimum atomic E-state index is 1.10. The lowest BCUT2D eigenvalue weighted by atomic mass is 10.1. The number of hydrogen-bond donors (Lipinski definition) is 0. The summed E-state index contributed by atoms with van der Waals surface area (Å²) in [4.78, 5) is 0. The van der Waals surface area contributed by atoms with Gasteiger partial charge in [-0.25, -0.2) is 0 Å². The van der Waals surface area contributed by atoms with Gasteiger partial charge in [0.1, 0.15) is 0 Å². The second-order valence-electron chi connectivity index (χ2n) is 3.87. The van der Waals surface area contributed by atoms with E-state index in [2.05, 4.69) is 37.8 Å². The number of unbranched alkanes of at least 4 members (excludes halogenated alkanes) is 5. The van der Waals surface area contributed by atoms with Crippen molar-refractivity contribution < 1.29 is 0 Å². The molecule has 0 aromatic rings. The van der Waals surface area contributed by atoms with E-state index in [1.807, 2.05) is 6.08 Å². The van der Waals surface area contributed by atoms with Crippen LogP contribution in [0.25, 0.3) is 0 Å². The smallest absolute Gasteiger partial charge is 0.0169 e. The summed E-state index contributed by atoms with van der Waals surface area (Å²) in [5, 5.41) is 0. The highest BCUT2D eigenvalue weighted by Gasteiger charge is 1.86. The van der Waals surface area contributed by atoms with E-state index in [1.165, 1.54) is 38.5 Å². The summed E-state index contributed by atoms with van der Waals surface area (Å²) in [6.07, 6.45) is 21.1. The standard InChI is InChI=1S/C15H26/c1-3-5-7-9-11-13-15-14-12-10-8-6-4-2/h3,6,8,12,14H,1,4-5,7,9-11,13,15H2,2H3. The molecule has 0 saturated heterocycles. The minimum absolute atomic E-state index is 1.10. The molecule has 0 aliphatic rings. The Bertz CT molecular complexity index is 174. The summed E-state index contributed by atoms with van der Waals surface area (Å²) in [6.45, 7) is 5.90. The van der Waals surface area contributed by atoms with Crippen LogP contribution < -0.4 is 0 Å². The average molecular weight is 206 g/mol. The van der Waals surface area contributed by atoms with Crippen molar-refractivity contribution in [1.29, 1.82) is 0 Å². The average Bonchev–Trinajstić information content (AvgIpc) is 2.26. The van der Waals surface area contributed by atoms with Gasteiger partial charge in [-0.05, 0) is 38.5 Å². The van der Waals surface area contributed by atoms with Crippen LogP contribution in [-0.4, -0.2) is 0 Å². The zero-order chi connectivity index (χ0) is 11.2. The molecule has 0 rings (SSSR count). The minimum Gasteiger partial charge on any atom is -0.103 e. The van der Waals surface area contributed by atoms with Crippen LogP contribution in [0, 0.1) is 0 Å². The Kier molecular flexibility index (Phi) is 12.5. The summed E-state index contributed by atoms with van der Waals surface area (Å²) in [6, 6.07) is 0. The first-order chi connectivity index (χ1) is 7.41. The fourth-order valence-electron chi connectivity index (χ4n) is 1.46. The monoisotopic (exact) mass is 206 g/mol. The van der Waals surface area contributed by atoms with Crippen molar-refractivity contribution in [1.82, 2.24) is 0 Å². The van der Waals surface area contributed by atoms with Crippen molar-refractivity contribution in [3.05, 3.63) is 37.0 Å². The quantitative estimate of drug-likeness (QED) is 0.330. The molecule has 0 aromatic carbocycles. The molecule has 0 heteroatoms. The number of rotatable bonds is 10. The molecule has 0 nitrogen and oxygen atoms in total. The van der Waals surface area contributed by atoms with Gasteiger partial charge in [0.05, 0.1) is 0 Å². The molecule has 0 aliphatic carbocycles. The fourth-order valence-corrected chi connectivity index (χ4v) is 1.46. The second-order valence-corrected chi connectivity index (χ2v) is 3.87. The summed E-state index contributed by atoms with van der Waals surface area (Å²) in [5.74, 6) is 0. The Hall–Kier alpha value is -0.780. The summed E-state index contributed by atoms with van der Waals surface area (Å²) in [7, 11) is 0. The summed E-state index contributed by atoms with van der Waals surface area (Å²) in [5.41, 5.74) is 0. The zero-order valence-electron chi connectivity index (χ0n) is 10.3. The molecule has 0 amide bonds. The zero-order valence-corrected chi connectivity index (χ0v) is 10.3. The van der Waals surface area contributed by atoms with Gasteiger partial charge < -0.3 is 0 Å². The van der Waals surface area contributed by atoms with E-state index in [1.54, 1.807) is 0 Å². The maximum atomic E-state index is 3.73. The van der Waals surface area contributed by atoms with Crippen LogP contribution in [0.15, 0.2) is 37.0 Å². The molecular weight excluding hydrogens is 180 g/mol. The fraction of sp³-hybridized carbons (Fsp3) is 0.600. The lowest BCUT2D eigenvalue weighted by Crippen LogP contribution is -1.76. The van der Waals surface area contributed by atoms with Gasteiger partial charge in [-0.15, -0.1) is 6.58 Å². The Labute approximate surface area is 95.8 Å². The van der Waals surface area contributed by atoms with Gasteiger partial charge in [-0.3, -0.25) is 0 Å². The van der Waals surface area contributed by atoms with E-state index in [0.717, 1.165) is 12.8 Å². The van der Waals surface area contributed by atoms with Crippen LogP contribution in [0.3, 0.4) is 0 Å². The van der Waals surface area contributed by atoms with Crippen molar-refractivity contribution in [2.45, 2.75) is 58.3 Å². The molecule has 0 spiro atoms. The van der Waals surface area contributed by atoms with Crippen LogP contribution in [-0.2, 0) is 0 Å². The largest absolute Gasteiger partial charge is 0.103 e. The number of allylic oxidation sites excluding steroid dienone is 5. The predicted octanol–water partition coefficient (Wildman–Crippen LogP) is 5.43. The normalized spacial score (nSPS) is 11.5. The lowest BCUT2D eigenvalue weighted by Gasteiger charge is -1.96. The van der Waals surface area contributed by atoms with E-state index in [0.29, 0.717) is 0 Å². The molecule has 0 aromatic heterocycles. The third-order valence-electron chi connectivity index (χ3n) is 2.37. The molecule has 0 aliphatic heterocycles. The molecule has 0 atom stereocenters. The van der Waals surface area contributed by atoms with Gasteiger partial charge in [0.25, 0.3) is 0 Å². The second kappa shape index (κ2) is 13.2. The van der Waals surface area contributed by atoms with Crippen LogP contribution in [0.1, 0.15) is 58.3 Å². The van der Waals surface area contributed by atoms with Crippen LogP contribution >= 0.6 is 0 Å². The third-order valence-corrected chi connectivity index (χ3v) is 2.37. The molecule has 86 valence electrons. The Morgan fingerprint density at radius 2 is 1.47 bits per heavy atom. The summed E-state index contributed by atoms with van der Waals surface area (Å²) < 4.78 is 0. The summed E-state index contributed by atoms with van der Waals surface area (Å²) >= 11 is 0. The highest BCUT2D eigenvalue weighted by atomic mass is 13.9.